The molecule has 0 bridgehead atoms. The number of fused-ring (bicyclic) bond motifs is 1. The molecule has 0 saturated heterocycles. The van der Waals surface area contributed by atoms with Gasteiger partial charge in [-0.3, -0.25) is 14.0 Å². The van der Waals surface area contributed by atoms with Gasteiger partial charge in [0.15, 0.2) is 5.78 Å². The summed E-state index contributed by atoms with van der Waals surface area (Å²) < 4.78 is 1.34. The molecular weight excluding hydrogens is 280 g/mol. The van der Waals surface area contributed by atoms with E-state index in [4.69, 9.17) is 0 Å². The maximum absolute atomic E-state index is 12.5. The van der Waals surface area contributed by atoms with Crippen LogP contribution in [0.4, 0.5) is 0 Å². The molecule has 0 amide bonds. The van der Waals surface area contributed by atoms with Gasteiger partial charge >= 0.3 is 0 Å². The summed E-state index contributed by atoms with van der Waals surface area (Å²) in [6, 6.07) is 3.54. The maximum atomic E-state index is 12.5. The second kappa shape index (κ2) is 5.91. The first-order valence-corrected chi connectivity index (χ1v) is 7.82. The summed E-state index contributed by atoms with van der Waals surface area (Å²) in [7, 11) is 0. The molecule has 0 spiro atoms. The van der Waals surface area contributed by atoms with Crippen molar-refractivity contribution >= 4 is 11.4 Å². The van der Waals surface area contributed by atoms with Crippen LogP contribution < -0.4 is 5.56 Å². The number of hydrogen-bond donors (Lipinski definition) is 1. The monoisotopic (exact) mass is 300 g/mol. The molecule has 1 fully saturated rings. The number of carbonyl (C=O) groups is 1. The third-order valence-electron chi connectivity index (χ3n) is 4.51. The number of hydrogen-bond acceptors (Lipinski definition) is 4. The van der Waals surface area contributed by atoms with E-state index in [1.165, 1.54) is 10.8 Å². The summed E-state index contributed by atoms with van der Waals surface area (Å²) in [5, 5.41) is 10.1. The Bertz CT molecular complexity index is 773. The van der Waals surface area contributed by atoms with E-state index in [0.717, 1.165) is 31.2 Å². The van der Waals surface area contributed by atoms with Gasteiger partial charge in [0.1, 0.15) is 11.2 Å². The largest absolute Gasteiger partial charge is 0.493 e. The molecule has 1 aliphatic carbocycles. The third-order valence-corrected chi connectivity index (χ3v) is 4.51. The number of aryl methyl sites for hydroxylation is 1. The summed E-state index contributed by atoms with van der Waals surface area (Å²) in [5.41, 5.74) is 0.515. The summed E-state index contributed by atoms with van der Waals surface area (Å²) >= 11 is 0. The predicted octanol–water partition coefficient (Wildman–Crippen LogP) is 2.86. The second-order valence-electron chi connectivity index (χ2n) is 6.13. The standard InChI is InChI=1S/C17H20N2O3/c1-11-6-5-9-19-15(11)18-16(21)14(17(19)22)13(20)10-12-7-3-2-4-8-12/h5-6,9,12,21H,2-4,7-8,10H2,1H3. The van der Waals surface area contributed by atoms with E-state index in [-0.39, 0.29) is 11.3 Å². The van der Waals surface area contributed by atoms with E-state index < -0.39 is 11.4 Å². The lowest BCUT2D eigenvalue weighted by Gasteiger charge is -2.20. The fourth-order valence-electron chi connectivity index (χ4n) is 3.29. The Balaban J connectivity index is 1.99. The average molecular weight is 300 g/mol. The van der Waals surface area contributed by atoms with Crippen molar-refractivity contribution in [1.82, 2.24) is 9.38 Å². The van der Waals surface area contributed by atoms with Gasteiger partial charge in [-0.15, -0.1) is 0 Å². The second-order valence-corrected chi connectivity index (χ2v) is 6.13. The predicted molar refractivity (Wildman–Crippen MR) is 83.4 cm³/mol. The topological polar surface area (TPSA) is 71.7 Å². The van der Waals surface area contributed by atoms with Crippen molar-refractivity contribution in [1.29, 1.82) is 0 Å². The van der Waals surface area contributed by atoms with Crippen LogP contribution >= 0.6 is 0 Å². The van der Waals surface area contributed by atoms with E-state index in [1.54, 1.807) is 12.3 Å². The molecule has 5 heteroatoms. The molecule has 1 saturated carbocycles. The highest BCUT2D eigenvalue weighted by atomic mass is 16.3. The van der Waals surface area contributed by atoms with E-state index in [0.29, 0.717) is 18.0 Å². The van der Waals surface area contributed by atoms with E-state index in [1.807, 2.05) is 13.0 Å². The number of Topliss-reactive ketones (excluding diaryl/α,β-unsaturated/α-hetero) is 1. The number of aromatic hydroxyl groups is 1. The zero-order chi connectivity index (χ0) is 15.7. The summed E-state index contributed by atoms with van der Waals surface area (Å²) in [6.45, 7) is 1.81. The highest BCUT2D eigenvalue weighted by molar-refractivity contribution is 5.98. The molecule has 1 N–H and O–H groups in total. The van der Waals surface area contributed by atoms with Gasteiger partial charge in [0.2, 0.25) is 5.88 Å². The number of nitrogens with zero attached hydrogens (tertiary/aromatic N) is 2. The molecule has 3 rings (SSSR count). The van der Waals surface area contributed by atoms with Crippen molar-refractivity contribution in [2.45, 2.75) is 45.4 Å². The number of rotatable bonds is 3. The molecule has 116 valence electrons. The molecule has 0 aromatic carbocycles. The molecule has 0 aliphatic heterocycles. The van der Waals surface area contributed by atoms with Crippen molar-refractivity contribution in [3.05, 3.63) is 39.8 Å². The van der Waals surface area contributed by atoms with Gasteiger partial charge in [0.05, 0.1) is 0 Å². The molecular formula is C17H20N2O3. The van der Waals surface area contributed by atoms with Crippen LogP contribution in [0.5, 0.6) is 5.88 Å². The van der Waals surface area contributed by atoms with Crippen LogP contribution in [0, 0.1) is 12.8 Å². The minimum atomic E-state index is -0.480. The molecule has 22 heavy (non-hydrogen) atoms. The lowest BCUT2D eigenvalue weighted by atomic mass is 9.85. The Kier molecular flexibility index (Phi) is 3.96. The fraction of sp³-hybridized carbons (Fsp3) is 0.471. The van der Waals surface area contributed by atoms with Crippen molar-refractivity contribution < 1.29 is 9.90 Å². The number of carbonyl (C=O) groups excluding carboxylic acids is 1. The third kappa shape index (κ3) is 2.63. The van der Waals surface area contributed by atoms with Crippen LogP contribution in [0.1, 0.15) is 54.4 Å². The number of pyridine rings is 1. The first-order chi connectivity index (χ1) is 10.6. The lowest BCUT2D eigenvalue weighted by Crippen LogP contribution is -2.25. The van der Waals surface area contributed by atoms with Crippen LogP contribution in [0.25, 0.3) is 5.65 Å². The number of aromatic nitrogens is 2. The van der Waals surface area contributed by atoms with E-state index >= 15 is 0 Å². The SMILES string of the molecule is Cc1cccn2c(=O)c(C(=O)CC3CCCCC3)c(O)nc12. The van der Waals surface area contributed by atoms with Gasteiger partial charge in [0.25, 0.3) is 5.56 Å². The maximum Gasteiger partial charge on any atom is 0.272 e. The minimum Gasteiger partial charge on any atom is -0.493 e. The molecule has 0 unspecified atom stereocenters. The fourth-order valence-corrected chi connectivity index (χ4v) is 3.29. The quantitative estimate of drug-likeness (QED) is 0.885. The highest BCUT2D eigenvalue weighted by Crippen LogP contribution is 2.28. The summed E-state index contributed by atoms with van der Waals surface area (Å²) in [4.78, 5) is 29.0. The Morgan fingerprint density at radius 3 is 2.82 bits per heavy atom. The van der Waals surface area contributed by atoms with Gasteiger partial charge in [-0.2, -0.15) is 4.98 Å². The zero-order valence-corrected chi connectivity index (χ0v) is 12.7. The summed E-state index contributed by atoms with van der Waals surface area (Å²) in [6.07, 6.45) is 7.43. The Hall–Kier alpha value is -2.17. The lowest BCUT2D eigenvalue weighted by molar-refractivity contribution is 0.0945. The normalized spacial score (nSPS) is 16.0. The van der Waals surface area contributed by atoms with Crippen LogP contribution in [0.2, 0.25) is 0 Å². The van der Waals surface area contributed by atoms with Crippen molar-refractivity contribution in [3.63, 3.8) is 0 Å². The molecule has 0 radical (unpaired) electrons. The molecule has 2 aromatic rings. The average Bonchev–Trinajstić information content (AvgIpc) is 2.49. The van der Waals surface area contributed by atoms with Crippen molar-refractivity contribution in [2.24, 2.45) is 5.92 Å². The first-order valence-electron chi connectivity index (χ1n) is 7.82. The molecule has 1 aliphatic rings. The van der Waals surface area contributed by atoms with Crippen molar-refractivity contribution in [2.75, 3.05) is 0 Å². The van der Waals surface area contributed by atoms with Gasteiger partial charge in [0, 0.05) is 12.6 Å². The van der Waals surface area contributed by atoms with Crippen molar-refractivity contribution in [3.8, 4) is 5.88 Å². The number of ketones is 1. The highest BCUT2D eigenvalue weighted by Gasteiger charge is 2.24. The van der Waals surface area contributed by atoms with Crippen LogP contribution in [-0.2, 0) is 0 Å². The molecule has 5 nitrogen and oxygen atoms in total. The minimum absolute atomic E-state index is 0.173. The smallest absolute Gasteiger partial charge is 0.272 e. The Morgan fingerprint density at radius 2 is 2.09 bits per heavy atom. The van der Waals surface area contributed by atoms with Gasteiger partial charge < -0.3 is 5.11 Å². The molecule has 0 atom stereocenters. The van der Waals surface area contributed by atoms with E-state index in [9.17, 15) is 14.7 Å². The van der Waals surface area contributed by atoms with Gasteiger partial charge in [-0.1, -0.05) is 38.2 Å². The van der Waals surface area contributed by atoms with Gasteiger partial charge in [-0.05, 0) is 24.5 Å². The van der Waals surface area contributed by atoms with Crippen LogP contribution in [-0.4, -0.2) is 20.3 Å². The van der Waals surface area contributed by atoms with E-state index in [2.05, 4.69) is 4.98 Å². The first kappa shape index (κ1) is 14.8. The molecule has 2 heterocycles. The van der Waals surface area contributed by atoms with Crippen LogP contribution in [0.15, 0.2) is 23.1 Å². The Labute approximate surface area is 128 Å². The zero-order valence-electron chi connectivity index (χ0n) is 12.7. The van der Waals surface area contributed by atoms with Crippen LogP contribution in [0.3, 0.4) is 0 Å². The van der Waals surface area contributed by atoms with Gasteiger partial charge in [-0.25, -0.2) is 0 Å². The molecule has 2 aromatic heterocycles. The summed E-state index contributed by atoms with van der Waals surface area (Å²) in [5.74, 6) is -0.420. The Morgan fingerprint density at radius 1 is 1.36 bits per heavy atom.